The van der Waals surface area contributed by atoms with Gasteiger partial charge >= 0.3 is 0 Å². The number of rotatable bonds is 3. The molecule has 20 heavy (non-hydrogen) atoms. The van der Waals surface area contributed by atoms with Crippen LogP contribution in [-0.4, -0.2) is 43.1 Å². The number of aliphatic hydroxyl groups is 1. The Kier molecular flexibility index (Phi) is 3.07. The highest BCUT2D eigenvalue weighted by atomic mass is 28.4. The van der Waals surface area contributed by atoms with Crippen LogP contribution in [0.3, 0.4) is 0 Å². The summed E-state index contributed by atoms with van der Waals surface area (Å²) < 4.78 is 12.4. The number of carbonyl (C=O) groups excluding carboxylic acids is 1. The summed E-state index contributed by atoms with van der Waals surface area (Å²) >= 11 is 0. The first kappa shape index (κ1) is 14.4. The fourth-order valence-electron chi connectivity index (χ4n) is 4.04. The van der Waals surface area contributed by atoms with Gasteiger partial charge in [0.05, 0.1) is 23.7 Å². The second-order valence-corrected chi connectivity index (χ2v) is 12.0. The first-order chi connectivity index (χ1) is 9.20. The third kappa shape index (κ3) is 2.11. The van der Waals surface area contributed by atoms with E-state index in [0.717, 1.165) is 12.0 Å². The van der Waals surface area contributed by atoms with E-state index in [1.165, 1.54) is 0 Å². The second kappa shape index (κ2) is 4.26. The van der Waals surface area contributed by atoms with Crippen molar-refractivity contribution >= 4 is 14.1 Å². The Labute approximate surface area is 121 Å². The summed E-state index contributed by atoms with van der Waals surface area (Å²) in [6.07, 6.45) is 3.69. The van der Waals surface area contributed by atoms with Crippen molar-refractivity contribution in [3.8, 4) is 0 Å². The molecule has 5 heteroatoms. The van der Waals surface area contributed by atoms with Crippen molar-refractivity contribution in [2.45, 2.75) is 63.1 Å². The van der Waals surface area contributed by atoms with E-state index in [0.29, 0.717) is 12.8 Å². The van der Waals surface area contributed by atoms with Crippen molar-refractivity contribution in [3.05, 3.63) is 11.6 Å². The lowest BCUT2D eigenvalue weighted by molar-refractivity contribution is -0.131. The predicted molar refractivity (Wildman–Crippen MR) is 78.0 cm³/mol. The number of ether oxygens (including phenoxy) is 1. The average Bonchev–Trinajstić information content (AvgIpc) is 2.97. The number of fused-ring (bicyclic) bond motifs is 3. The van der Waals surface area contributed by atoms with E-state index in [1.54, 1.807) is 0 Å². The number of Topliss-reactive ketones (excluding diaryl/α,β-unsaturated/α-hetero) is 1. The minimum atomic E-state index is -1.82. The van der Waals surface area contributed by atoms with Crippen LogP contribution in [-0.2, 0) is 14.0 Å². The van der Waals surface area contributed by atoms with Crippen molar-refractivity contribution in [1.82, 2.24) is 0 Å². The molecule has 2 fully saturated rings. The monoisotopic (exact) mass is 296 g/mol. The predicted octanol–water partition coefficient (Wildman–Crippen LogP) is 2.04. The molecule has 0 aromatic carbocycles. The van der Waals surface area contributed by atoms with Gasteiger partial charge in [-0.1, -0.05) is 6.08 Å². The maximum Gasteiger partial charge on any atom is 0.184 e. The van der Waals surface area contributed by atoms with Gasteiger partial charge in [-0.25, -0.2) is 0 Å². The van der Waals surface area contributed by atoms with Gasteiger partial charge in [-0.3, -0.25) is 4.79 Å². The molecule has 0 unspecified atom stereocenters. The van der Waals surface area contributed by atoms with E-state index in [1.807, 2.05) is 6.08 Å². The first-order valence-corrected chi connectivity index (χ1v) is 10.8. The molecule has 0 spiro atoms. The lowest BCUT2D eigenvalue weighted by atomic mass is 9.83. The first-order valence-electron chi connectivity index (χ1n) is 7.40. The van der Waals surface area contributed by atoms with Gasteiger partial charge in [0, 0.05) is 12.8 Å². The van der Waals surface area contributed by atoms with Crippen LogP contribution in [0.5, 0.6) is 0 Å². The van der Waals surface area contributed by atoms with Gasteiger partial charge in [-0.15, -0.1) is 0 Å². The van der Waals surface area contributed by atoms with E-state index in [2.05, 4.69) is 26.6 Å². The van der Waals surface area contributed by atoms with Gasteiger partial charge in [0.2, 0.25) is 0 Å². The number of hydrogen-bond donors (Lipinski definition) is 1. The standard InChI is InChI=1S/C15H24O4Si/c1-14-8-11-12(17)6-5-10(9-16)7-15(11,13(14)18-14)19-20(2,3)4/h5,11,13,16H,6-9H2,1-4H3/t11-,13+,14+,15+/m0/s1. The SMILES string of the molecule is C[C@@]12C[C@H]3C(=O)CC=C(CO)C[C@]3(O[Si](C)(C)C)[C@@H]1O2. The van der Waals surface area contributed by atoms with Crippen LogP contribution < -0.4 is 0 Å². The Morgan fingerprint density at radius 1 is 1.50 bits per heavy atom. The van der Waals surface area contributed by atoms with Crippen LogP contribution in [0.25, 0.3) is 0 Å². The largest absolute Gasteiger partial charge is 0.408 e. The van der Waals surface area contributed by atoms with Gasteiger partial charge < -0.3 is 14.3 Å². The molecule has 0 aromatic rings. The zero-order valence-electron chi connectivity index (χ0n) is 12.7. The third-order valence-corrected chi connectivity index (χ3v) is 5.70. The molecule has 1 saturated heterocycles. The quantitative estimate of drug-likeness (QED) is 0.492. The average molecular weight is 296 g/mol. The molecule has 0 bridgehead atoms. The molecule has 1 heterocycles. The molecule has 0 amide bonds. The van der Waals surface area contributed by atoms with E-state index >= 15 is 0 Å². The van der Waals surface area contributed by atoms with Crippen LogP contribution in [0.4, 0.5) is 0 Å². The summed E-state index contributed by atoms with van der Waals surface area (Å²) in [6.45, 7) is 8.52. The summed E-state index contributed by atoms with van der Waals surface area (Å²) in [5.41, 5.74) is 0.179. The van der Waals surface area contributed by atoms with Crippen molar-refractivity contribution < 1.29 is 19.1 Å². The van der Waals surface area contributed by atoms with E-state index in [4.69, 9.17) is 9.16 Å². The van der Waals surface area contributed by atoms with Gasteiger partial charge in [0.25, 0.3) is 0 Å². The summed E-state index contributed by atoms with van der Waals surface area (Å²) in [6, 6.07) is 0. The summed E-state index contributed by atoms with van der Waals surface area (Å²) in [7, 11) is -1.82. The molecule has 112 valence electrons. The molecule has 4 nitrogen and oxygen atoms in total. The van der Waals surface area contributed by atoms with Gasteiger partial charge in [0.15, 0.2) is 8.32 Å². The summed E-state index contributed by atoms with van der Waals surface area (Å²) in [4.78, 5) is 12.5. The van der Waals surface area contributed by atoms with Crippen LogP contribution in [0.1, 0.15) is 26.2 Å². The fraction of sp³-hybridized carbons (Fsp3) is 0.800. The van der Waals surface area contributed by atoms with E-state index < -0.39 is 13.9 Å². The zero-order valence-corrected chi connectivity index (χ0v) is 13.7. The van der Waals surface area contributed by atoms with E-state index in [-0.39, 0.29) is 30.0 Å². The zero-order chi connectivity index (χ0) is 14.8. The molecule has 1 aliphatic heterocycles. The molecule has 0 radical (unpaired) electrons. The lowest BCUT2D eigenvalue weighted by Crippen LogP contribution is -2.52. The Bertz CT molecular complexity index is 481. The molecule has 2 aliphatic carbocycles. The van der Waals surface area contributed by atoms with Gasteiger partial charge in [-0.05, 0) is 38.6 Å². The minimum absolute atomic E-state index is 0.000241. The topological polar surface area (TPSA) is 59.1 Å². The Hall–Kier alpha value is -0.493. The molecule has 1 saturated carbocycles. The number of ketones is 1. The van der Waals surface area contributed by atoms with Crippen LogP contribution in [0, 0.1) is 5.92 Å². The lowest BCUT2D eigenvalue weighted by Gasteiger charge is -2.40. The van der Waals surface area contributed by atoms with Crippen molar-refractivity contribution in [2.24, 2.45) is 5.92 Å². The second-order valence-electron chi connectivity index (χ2n) is 7.60. The molecule has 3 rings (SSSR count). The highest BCUT2D eigenvalue weighted by Crippen LogP contribution is 2.62. The van der Waals surface area contributed by atoms with E-state index in [9.17, 15) is 9.90 Å². The van der Waals surface area contributed by atoms with Crippen molar-refractivity contribution in [3.63, 3.8) is 0 Å². The number of hydrogen-bond acceptors (Lipinski definition) is 4. The van der Waals surface area contributed by atoms with Gasteiger partial charge in [-0.2, -0.15) is 0 Å². The normalized spacial score (nSPS) is 43.6. The molecule has 0 aromatic heterocycles. The Balaban J connectivity index is 2.02. The Morgan fingerprint density at radius 3 is 2.80 bits per heavy atom. The summed E-state index contributed by atoms with van der Waals surface area (Å²) in [5, 5.41) is 9.53. The smallest absolute Gasteiger partial charge is 0.184 e. The Morgan fingerprint density at radius 2 is 2.20 bits per heavy atom. The number of aliphatic hydroxyl groups excluding tert-OH is 1. The van der Waals surface area contributed by atoms with Gasteiger partial charge in [0.1, 0.15) is 11.9 Å². The maximum absolute atomic E-state index is 12.5. The maximum atomic E-state index is 12.5. The highest BCUT2D eigenvalue weighted by Gasteiger charge is 2.75. The van der Waals surface area contributed by atoms with Crippen LogP contribution in [0.15, 0.2) is 11.6 Å². The van der Waals surface area contributed by atoms with Crippen molar-refractivity contribution in [2.75, 3.05) is 6.61 Å². The molecular formula is C15H24O4Si. The number of carbonyl (C=O) groups is 1. The third-order valence-electron chi connectivity index (χ3n) is 4.71. The highest BCUT2D eigenvalue weighted by molar-refractivity contribution is 6.69. The number of allylic oxidation sites excluding steroid dienone is 1. The fourth-order valence-corrected chi connectivity index (χ4v) is 5.50. The summed E-state index contributed by atoms with van der Waals surface area (Å²) in [5.74, 6) is 0.155. The van der Waals surface area contributed by atoms with Crippen LogP contribution in [0.2, 0.25) is 19.6 Å². The molecular weight excluding hydrogens is 272 g/mol. The molecule has 1 N–H and O–H groups in total. The van der Waals surface area contributed by atoms with Crippen molar-refractivity contribution in [1.29, 1.82) is 0 Å². The number of epoxide rings is 1. The molecule has 4 atom stereocenters. The molecule has 3 aliphatic rings. The minimum Gasteiger partial charge on any atom is -0.408 e. The van der Waals surface area contributed by atoms with Crippen LogP contribution >= 0.6 is 0 Å².